The molecular weight excluding hydrogens is 370 g/mol. The van der Waals surface area contributed by atoms with E-state index in [0.717, 1.165) is 23.5 Å². The van der Waals surface area contributed by atoms with Gasteiger partial charge in [0.05, 0.1) is 18.2 Å². The van der Waals surface area contributed by atoms with Crippen LogP contribution in [0.4, 0.5) is 10.8 Å². The number of anilines is 2. The number of benzene rings is 2. The summed E-state index contributed by atoms with van der Waals surface area (Å²) in [5.41, 5.74) is 4.64. The third-order valence-corrected chi connectivity index (χ3v) is 5.56. The zero-order chi connectivity index (χ0) is 19.5. The third-order valence-electron chi connectivity index (χ3n) is 4.87. The van der Waals surface area contributed by atoms with E-state index in [9.17, 15) is 4.79 Å². The molecule has 2 heterocycles. The van der Waals surface area contributed by atoms with Gasteiger partial charge in [0.25, 0.3) is 0 Å². The number of nitrogens with zero attached hydrogens (tertiary/aromatic N) is 2. The van der Waals surface area contributed by atoms with Crippen molar-refractivity contribution in [1.82, 2.24) is 4.98 Å². The summed E-state index contributed by atoms with van der Waals surface area (Å²) in [7, 11) is 0. The number of carbonyl (C=O) groups is 1. The molecule has 0 radical (unpaired) electrons. The second kappa shape index (κ2) is 8.02. The van der Waals surface area contributed by atoms with Crippen molar-refractivity contribution in [3.63, 3.8) is 0 Å². The van der Waals surface area contributed by atoms with Gasteiger partial charge in [-0.3, -0.25) is 4.79 Å². The van der Waals surface area contributed by atoms with E-state index in [2.05, 4.69) is 71.5 Å². The van der Waals surface area contributed by atoms with E-state index in [4.69, 9.17) is 4.74 Å². The Labute approximate surface area is 169 Å². The van der Waals surface area contributed by atoms with Crippen LogP contribution in [0.2, 0.25) is 0 Å². The summed E-state index contributed by atoms with van der Waals surface area (Å²) in [6, 6.07) is 14.7. The zero-order valence-corrected chi connectivity index (χ0v) is 16.8. The quantitative estimate of drug-likeness (QED) is 0.691. The largest absolute Gasteiger partial charge is 0.489 e. The highest BCUT2D eigenvalue weighted by Gasteiger charge is 2.29. The summed E-state index contributed by atoms with van der Waals surface area (Å²) in [5.74, 6) is 0.830. The lowest BCUT2D eigenvalue weighted by atomic mass is 10.0. The first-order chi connectivity index (χ1) is 13.6. The molecular formula is C22H23N3O2S. The molecule has 1 aromatic heterocycles. The van der Waals surface area contributed by atoms with Gasteiger partial charge < -0.3 is 15.0 Å². The molecule has 28 heavy (non-hydrogen) atoms. The van der Waals surface area contributed by atoms with Gasteiger partial charge in [-0.05, 0) is 37.1 Å². The summed E-state index contributed by atoms with van der Waals surface area (Å²) in [6.07, 6.45) is 2.03. The second-order valence-electron chi connectivity index (χ2n) is 7.14. The lowest BCUT2D eigenvalue weighted by Gasteiger charge is -2.38. The second-order valence-corrected chi connectivity index (χ2v) is 8.03. The molecule has 1 aliphatic rings. The minimum Gasteiger partial charge on any atom is -0.489 e. The average Bonchev–Trinajstić information content (AvgIpc) is 3.18. The first-order valence-corrected chi connectivity index (χ1v) is 10.2. The number of hydrogen-bond acceptors (Lipinski definition) is 5. The smallest absolute Gasteiger partial charge is 0.228 e. The lowest BCUT2D eigenvalue weighted by molar-refractivity contribution is -0.116. The van der Waals surface area contributed by atoms with Gasteiger partial charge in [-0.15, -0.1) is 11.3 Å². The van der Waals surface area contributed by atoms with Crippen LogP contribution in [-0.2, 0) is 11.3 Å². The molecule has 144 valence electrons. The van der Waals surface area contributed by atoms with Crippen molar-refractivity contribution in [2.24, 2.45) is 0 Å². The number of aromatic nitrogens is 1. The Bertz CT molecular complexity index is 954. The van der Waals surface area contributed by atoms with Crippen LogP contribution in [0.5, 0.6) is 5.75 Å². The molecule has 2 aromatic carbocycles. The maximum Gasteiger partial charge on any atom is 0.228 e. The summed E-state index contributed by atoms with van der Waals surface area (Å²) < 4.78 is 6.01. The third kappa shape index (κ3) is 4.17. The fourth-order valence-electron chi connectivity index (χ4n) is 3.39. The van der Waals surface area contributed by atoms with Crippen LogP contribution in [0.25, 0.3) is 0 Å². The van der Waals surface area contributed by atoms with E-state index < -0.39 is 0 Å². The summed E-state index contributed by atoms with van der Waals surface area (Å²) in [5, 5.41) is 5.36. The standard InChI is InChI=1S/C22H23N3O2S/c1-15-3-6-17(7-4-15)13-25-18(12-21(26)24-22-23-9-10-28-22)14-27-20-11-16(2)5-8-19(20)25/h3-11,18H,12-14H2,1-2H3,(H,23,24,26). The molecule has 0 fully saturated rings. The molecule has 1 aliphatic heterocycles. The molecule has 6 heteroatoms. The molecule has 1 atom stereocenters. The minimum absolute atomic E-state index is 0.0449. The van der Waals surface area contributed by atoms with Crippen LogP contribution in [0.3, 0.4) is 0 Å². The van der Waals surface area contributed by atoms with E-state index in [1.807, 2.05) is 5.38 Å². The molecule has 0 bridgehead atoms. The Balaban J connectivity index is 1.57. The van der Waals surface area contributed by atoms with E-state index in [-0.39, 0.29) is 11.9 Å². The van der Waals surface area contributed by atoms with Crippen molar-refractivity contribution in [3.05, 3.63) is 70.7 Å². The maximum atomic E-state index is 12.6. The van der Waals surface area contributed by atoms with Gasteiger partial charge >= 0.3 is 0 Å². The Hall–Kier alpha value is -2.86. The Morgan fingerprint density at radius 2 is 2.00 bits per heavy atom. The predicted octanol–water partition coefficient (Wildman–Crippen LogP) is 4.56. The number of carbonyl (C=O) groups excluding carboxylic acids is 1. The first kappa shape index (κ1) is 18.5. The number of fused-ring (bicyclic) bond motifs is 1. The summed E-state index contributed by atoms with van der Waals surface area (Å²) in [4.78, 5) is 19.0. The molecule has 0 aliphatic carbocycles. The first-order valence-electron chi connectivity index (χ1n) is 9.33. The Kier molecular flexibility index (Phi) is 5.30. The van der Waals surface area contributed by atoms with Gasteiger partial charge in [-0.2, -0.15) is 0 Å². The van der Waals surface area contributed by atoms with E-state index in [0.29, 0.717) is 18.2 Å². The molecule has 0 spiro atoms. The predicted molar refractivity (Wildman–Crippen MR) is 113 cm³/mol. The summed E-state index contributed by atoms with van der Waals surface area (Å²) >= 11 is 1.42. The number of nitrogens with one attached hydrogen (secondary N) is 1. The van der Waals surface area contributed by atoms with Crippen LogP contribution >= 0.6 is 11.3 Å². The molecule has 0 saturated heterocycles. The number of rotatable bonds is 5. The number of aryl methyl sites for hydroxylation is 2. The highest BCUT2D eigenvalue weighted by molar-refractivity contribution is 7.13. The fourth-order valence-corrected chi connectivity index (χ4v) is 3.94. The van der Waals surface area contributed by atoms with Gasteiger partial charge in [0.1, 0.15) is 12.4 Å². The van der Waals surface area contributed by atoms with Crippen LogP contribution in [0.1, 0.15) is 23.1 Å². The molecule has 1 unspecified atom stereocenters. The lowest BCUT2D eigenvalue weighted by Crippen LogP contribution is -2.44. The number of amides is 1. The average molecular weight is 394 g/mol. The van der Waals surface area contributed by atoms with E-state index in [1.165, 1.54) is 22.5 Å². The topological polar surface area (TPSA) is 54.5 Å². The van der Waals surface area contributed by atoms with Crippen LogP contribution in [0.15, 0.2) is 54.0 Å². The highest BCUT2D eigenvalue weighted by Crippen LogP contribution is 2.36. The molecule has 1 amide bonds. The van der Waals surface area contributed by atoms with Crippen molar-refractivity contribution >= 4 is 28.1 Å². The van der Waals surface area contributed by atoms with Gasteiger partial charge in [0, 0.05) is 18.1 Å². The van der Waals surface area contributed by atoms with Gasteiger partial charge in [-0.25, -0.2) is 4.98 Å². The van der Waals surface area contributed by atoms with Crippen molar-refractivity contribution in [1.29, 1.82) is 0 Å². The molecule has 5 nitrogen and oxygen atoms in total. The Morgan fingerprint density at radius 1 is 1.21 bits per heavy atom. The van der Waals surface area contributed by atoms with Crippen molar-refractivity contribution in [2.45, 2.75) is 32.9 Å². The van der Waals surface area contributed by atoms with Crippen LogP contribution < -0.4 is 15.0 Å². The molecule has 0 saturated carbocycles. The monoisotopic (exact) mass is 393 g/mol. The van der Waals surface area contributed by atoms with Crippen LogP contribution in [-0.4, -0.2) is 23.5 Å². The van der Waals surface area contributed by atoms with Crippen molar-refractivity contribution in [3.8, 4) is 5.75 Å². The SMILES string of the molecule is Cc1ccc(CN2c3ccc(C)cc3OCC2CC(=O)Nc2nccs2)cc1. The molecule has 4 rings (SSSR count). The normalized spacial score (nSPS) is 15.6. The van der Waals surface area contributed by atoms with Gasteiger partial charge in [0.15, 0.2) is 5.13 Å². The van der Waals surface area contributed by atoms with E-state index >= 15 is 0 Å². The van der Waals surface area contributed by atoms with Gasteiger partial charge in [-0.1, -0.05) is 35.9 Å². The van der Waals surface area contributed by atoms with Crippen LogP contribution in [0, 0.1) is 13.8 Å². The highest BCUT2D eigenvalue weighted by atomic mass is 32.1. The van der Waals surface area contributed by atoms with E-state index in [1.54, 1.807) is 6.20 Å². The van der Waals surface area contributed by atoms with Crippen molar-refractivity contribution in [2.75, 3.05) is 16.8 Å². The number of ether oxygens (including phenoxy) is 1. The molecule has 1 N–H and O–H groups in total. The minimum atomic E-state index is -0.0481. The fraction of sp³-hybridized carbons (Fsp3) is 0.273. The Morgan fingerprint density at radius 3 is 2.75 bits per heavy atom. The number of thiazole rings is 1. The summed E-state index contributed by atoms with van der Waals surface area (Å²) in [6.45, 7) is 5.35. The molecule has 3 aromatic rings. The number of hydrogen-bond donors (Lipinski definition) is 1. The van der Waals surface area contributed by atoms with Crippen molar-refractivity contribution < 1.29 is 9.53 Å². The van der Waals surface area contributed by atoms with Gasteiger partial charge in [0.2, 0.25) is 5.91 Å². The zero-order valence-electron chi connectivity index (χ0n) is 16.0. The maximum absolute atomic E-state index is 12.6.